The molecule has 43 heavy (non-hydrogen) atoms. The van der Waals surface area contributed by atoms with E-state index in [1.165, 1.54) is 0 Å². The van der Waals surface area contributed by atoms with E-state index in [4.69, 9.17) is 14.9 Å². The molecule has 10 nitrogen and oxygen atoms in total. The van der Waals surface area contributed by atoms with Crippen LogP contribution in [0.4, 0.5) is 10.5 Å². The Kier molecular flexibility index (Phi) is 9.08. The van der Waals surface area contributed by atoms with Crippen molar-refractivity contribution in [1.29, 1.82) is 5.41 Å². The topological polar surface area (TPSA) is 115 Å². The van der Waals surface area contributed by atoms with Crippen LogP contribution in [0.25, 0.3) is 10.8 Å². The molecule has 10 heteroatoms. The third-order valence-corrected chi connectivity index (χ3v) is 7.57. The molecule has 1 atom stereocenters. The monoisotopic (exact) mass is 585 g/mol. The Labute approximate surface area is 252 Å². The molecule has 0 bridgehead atoms. The van der Waals surface area contributed by atoms with Crippen LogP contribution in [0.2, 0.25) is 0 Å². The molecule has 2 fully saturated rings. The van der Waals surface area contributed by atoms with Crippen LogP contribution >= 0.6 is 0 Å². The molecule has 2 N–H and O–H groups in total. The van der Waals surface area contributed by atoms with E-state index < -0.39 is 11.7 Å². The molecule has 3 aromatic carbocycles. The van der Waals surface area contributed by atoms with Gasteiger partial charge in [0.15, 0.2) is 0 Å². The van der Waals surface area contributed by atoms with Crippen LogP contribution in [0.15, 0.2) is 66.7 Å². The van der Waals surface area contributed by atoms with Gasteiger partial charge in [-0.05, 0) is 67.9 Å². The van der Waals surface area contributed by atoms with Crippen molar-refractivity contribution in [2.45, 2.75) is 38.9 Å². The second-order valence-corrected chi connectivity index (χ2v) is 12.0. The number of nitrogens with one attached hydrogen (secondary N) is 2. The quantitative estimate of drug-likeness (QED) is 0.231. The fraction of sp³-hybridized carbons (Fsp3) is 0.394. The SMILES string of the molecule is CC(C)(C)OC(=O)CCN1CCN(CC2CN(c3ccc(C(=N)NC(=O)c4ccc5ccccc5c4)cc3)C(=O)O2)CC1. The Morgan fingerprint density at radius 2 is 1.58 bits per heavy atom. The van der Waals surface area contributed by atoms with E-state index in [1.807, 2.05) is 57.2 Å². The third-order valence-electron chi connectivity index (χ3n) is 7.57. The first kappa shape index (κ1) is 30.2. The molecule has 2 saturated heterocycles. The van der Waals surface area contributed by atoms with Gasteiger partial charge < -0.3 is 19.7 Å². The van der Waals surface area contributed by atoms with Gasteiger partial charge in [0.2, 0.25) is 0 Å². The molecule has 5 rings (SSSR count). The number of carbonyl (C=O) groups is 3. The summed E-state index contributed by atoms with van der Waals surface area (Å²) in [7, 11) is 0. The number of amides is 2. The molecular formula is C33H39N5O5. The smallest absolute Gasteiger partial charge is 0.414 e. The zero-order chi connectivity index (χ0) is 30.6. The van der Waals surface area contributed by atoms with Crippen molar-refractivity contribution in [2.24, 2.45) is 0 Å². The molecule has 2 aliphatic rings. The van der Waals surface area contributed by atoms with Gasteiger partial charge in [-0.25, -0.2) is 4.79 Å². The van der Waals surface area contributed by atoms with Gasteiger partial charge in [-0.1, -0.05) is 30.3 Å². The number of anilines is 1. The summed E-state index contributed by atoms with van der Waals surface area (Å²) in [5, 5.41) is 13.1. The van der Waals surface area contributed by atoms with Crippen LogP contribution < -0.4 is 10.2 Å². The Balaban J connectivity index is 1.08. The minimum atomic E-state index is -0.468. The Hall–Kier alpha value is -4.28. The number of hydrogen-bond acceptors (Lipinski definition) is 8. The Morgan fingerprint density at radius 3 is 2.28 bits per heavy atom. The van der Waals surface area contributed by atoms with Crippen molar-refractivity contribution in [3.05, 3.63) is 77.9 Å². The lowest BCUT2D eigenvalue weighted by atomic mass is 10.1. The lowest BCUT2D eigenvalue weighted by Crippen LogP contribution is -2.49. The number of ether oxygens (including phenoxy) is 2. The van der Waals surface area contributed by atoms with Crippen LogP contribution in [-0.4, -0.2) is 91.1 Å². The lowest BCUT2D eigenvalue weighted by molar-refractivity contribution is -0.155. The highest BCUT2D eigenvalue weighted by molar-refractivity contribution is 6.12. The molecule has 226 valence electrons. The molecule has 2 aliphatic heterocycles. The maximum absolute atomic E-state index is 12.8. The summed E-state index contributed by atoms with van der Waals surface area (Å²) in [6, 6.07) is 20.2. The van der Waals surface area contributed by atoms with Crippen LogP contribution in [0.5, 0.6) is 0 Å². The highest BCUT2D eigenvalue weighted by atomic mass is 16.6. The number of piperazine rings is 1. The minimum absolute atomic E-state index is 0.0168. The maximum Gasteiger partial charge on any atom is 0.414 e. The normalized spacial score (nSPS) is 18.0. The largest absolute Gasteiger partial charge is 0.460 e. The van der Waals surface area contributed by atoms with Gasteiger partial charge in [-0.3, -0.25) is 24.8 Å². The first-order valence-corrected chi connectivity index (χ1v) is 14.7. The fourth-order valence-corrected chi connectivity index (χ4v) is 5.35. The van der Waals surface area contributed by atoms with E-state index >= 15 is 0 Å². The van der Waals surface area contributed by atoms with Crippen LogP contribution in [0, 0.1) is 5.41 Å². The van der Waals surface area contributed by atoms with E-state index in [0.717, 1.165) is 37.0 Å². The zero-order valence-electron chi connectivity index (χ0n) is 25.0. The number of rotatable bonds is 8. The van der Waals surface area contributed by atoms with E-state index in [1.54, 1.807) is 35.2 Å². The predicted molar refractivity (Wildman–Crippen MR) is 166 cm³/mol. The lowest BCUT2D eigenvalue weighted by Gasteiger charge is -2.35. The first-order valence-electron chi connectivity index (χ1n) is 14.7. The van der Waals surface area contributed by atoms with Gasteiger partial charge in [0, 0.05) is 56.1 Å². The molecular weight excluding hydrogens is 546 g/mol. The average molecular weight is 586 g/mol. The number of cyclic esters (lactones) is 1. The van der Waals surface area contributed by atoms with Crippen LogP contribution in [0.1, 0.15) is 43.1 Å². The minimum Gasteiger partial charge on any atom is -0.460 e. The van der Waals surface area contributed by atoms with Crippen molar-refractivity contribution in [1.82, 2.24) is 15.1 Å². The molecule has 2 amide bonds. The van der Waals surface area contributed by atoms with E-state index in [2.05, 4.69) is 15.1 Å². The molecule has 0 spiro atoms. The van der Waals surface area contributed by atoms with Crippen molar-refractivity contribution in [2.75, 3.05) is 50.7 Å². The zero-order valence-corrected chi connectivity index (χ0v) is 25.0. The highest BCUT2D eigenvalue weighted by Crippen LogP contribution is 2.23. The first-order chi connectivity index (χ1) is 20.5. The number of carbonyl (C=O) groups excluding carboxylic acids is 3. The van der Waals surface area contributed by atoms with E-state index in [0.29, 0.717) is 42.9 Å². The molecule has 0 radical (unpaired) electrons. The van der Waals surface area contributed by atoms with Gasteiger partial charge in [0.1, 0.15) is 17.5 Å². The fourth-order valence-electron chi connectivity index (χ4n) is 5.35. The molecule has 1 unspecified atom stereocenters. The maximum atomic E-state index is 12.8. The highest BCUT2D eigenvalue weighted by Gasteiger charge is 2.34. The molecule has 0 aromatic heterocycles. The number of esters is 1. The van der Waals surface area contributed by atoms with Gasteiger partial charge in [0.05, 0.1) is 13.0 Å². The summed E-state index contributed by atoms with van der Waals surface area (Å²) >= 11 is 0. The summed E-state index contributed by atoms with van der Waals surface area (Å²) in [4.78, 5) is 43.6. The molecule has 3 aromatic rings. The average Bonchev–Trinajstić information content (AvgIpc) is 3.35. The summed E-state index contributed by atoms with van der Waals surface area (Å²) in [5.74, 6) is -0.546. The summed E-state index contributed by atoms with van der Waals surface area (Å²) < 4.78 is 11.1. The third kappa shape index (κ3) is 7.97. The van der Waals surface area contributed by atoms with Crippen molar-refractivity contribution in [3.8, 4) is 0 Å². The van der Waals surface area contributed by atoms with Crippen LogP contribution in [-0.2, 0) is 14.3 Å². The van der Waals surface area contributed by atoms with Gasteiger partial charge in [-0.2, -0.15) is 0 Å². The number of amidine groups is 1. The summed E-state index contributed by atoms with van der Waals surface area (Å²) in [5.41, 5.74) is 1.22. The van der Waals surface area contributed by atoms with Gasteiger partial charge >= 0.3 is 12.1 Å². The van der Waals surface area contributed by atoms with Crippen molar-refractivity contribution < 1.29 is 23.9 Å². The molecule has 2 heterocycles. The van der Waals surface area contributed by atoms with Crippen molar-refractivity contribution >= 4 is 40.3 Å². The molecule has 0 aliphatic carbocycles. The van der Waals surface area contributed by atoms with Crippen LogP contribution in [0.3, 0.4) is 0 Å². The number of hydrogen-bond donors (Lipinski definition) is 2. The Bertz CT molecular complexity index is 1490. The standard InChI is InChI=1S/C33H39N5O5/c1-33(2,3)43-29(39)14-15-36-16-18-37(19-17-36)21-28-22-38(32(41)42-28)27-12-10-24(11-13-27)30(34)35-31(40)26-9-8-23-6-4-5-7-25(23)20-26/h4-13,20,28H,14-19,21-22H2,1-3H3,(H2,34,35,40). The van der Waals surface area contributed by atoms with Crippen molar-refractivity contribution in [3.63, 3.8) is 0 Å². The number of benzene rings is 3. The second kappa shape index (κ2) is 12.9. The van der Waals surface area contributed by atoms with Gasteiger partial charge in [-0.15, -0.1) is 0 Å². The number of nitrogens with zero attached hydrogens (tertiary/aromatic N) is 3. The van der Waals surface area contributed by atoms with E-state index in [-0.39, 0.29) is 23.8 Å². The number of fused-ring (bicyclic) bond motifs is 1. The Morgan fingerprint density at radius 1 is 0.930 bits per heavy atom. The summed E-state index contributed by atoms with van der Waals surface area (Å²) in [6.07, 6.45) is -0.268. The van der Waals surface area contributed by atoms with Gasteiger partial charge in [0.25, 0.3) is 5.91 Å². The second-order valence-electron chi connectivity index (χ2n) is 12.0. The van der Waals surface area contributed by atoms with E-state index in [9.17, 15) is 14.4 Å². The predicted octanol–water partition coefficient (Wildman–Crippen LogP) is 4.27. The molecule has 0 saturated carbocycles. The summed E-state index contributed by atoms with van der Waals surface area (Å²) in [6.45, 7) is 10.7.